The molecule has 20 heavy (non-hydrogen) atoms. The Morgan fingerprint density at radius 1 is 0.900 bits per heavy atom. The van der Waals surface area contributed by atoms with Crippen LogP contribution in [0.25, 0.3) is 0 Å². The van der Waals surface area contributed by atoms with E-state index in [4.69, 9.17) is 24.4 Å². The fraction of sp³-hybridized carbons (Fsp3) is 1.00. The van der Waals surface area contributed by atoms with Crippen molar-refractivity contribution in [1.82, 2.24) is 0 Å². The van der Waals surface area contributed by atoms with Crippen LogP contribution in [0.15, 0.2) is 0 Å². The normalized spacial score (nSPS) is 52.6. The van der Waals surface area contributed by atoms with Gasteiger partial charge < -0.3 is 45.2 Å². The predicted molar refractivity (Wildman–Crippen MR) is 57.8 cm³/mol. The van der Waals surface area contributed by atoms with Crippen molar-refractivity contribution in [3.05, 3.63) is 0 Å². The quantitative estimate of drug-likeness (QED) is 0.250. The molecule has 0 aromatic heterocycles. The summed E-state index contributed by atoms with van der Waals surface area (Å²) in [4.78, 5) is 0. The predicted octanol–water partition coefficient (Wildman–Crippen LogP) is -4.80. The fourth-order valence-electron chi connectivity index (χ4n) is 2.15. The highest BCUT2D eigenvalue weighted by Gasteiger charge is 2.58. The average Bonchev–Trinajstić information content (AvgIpc) is 2.81. The van der Waals surface area contributed by atoms with Crippen molar-refractivity contribution in [1.29, 1.82) is 0 Å². The maximum absolute atomic E-state index is 9.95. The first-order chi connectivity index (χ1) is 9.34. The molecule has 0 aromatic carbocycles. The summed E-state index contributed by atoms with van der Waals surface area (Å²) in [5.41, 5.74) is 0. The van der Waals surface area contributed by atoms with Gasteiger partial charge in [0.15, 0.2) is 12.4 Å². The van der Waals surface area contributed by atoms with Crippen LogP contribution in [0, 0.1) is 0 Å². The molecule has 2 saturated heterocycles. The number of hydrogen-bond acceptors (Lipinski definition) is 10. The third-order valence-electron chi connectivity index (χ3n) is 3.36. The minimum Gasteiger partial charge on any atom is -0.394 e. The third kappa shape index (κ3) is 2.55. The molecule has 118 valence electrons. The fourth-order valence-corrected chi connectivity index (χ4v) is 2.15. The van der Waals surface area contributed by atoms with Crippen LogP contribution in [0.3, 0.4) is 0 Å². The molecule has 0 bridgehead atoms. The molecular formula is C10H18O10. The maximum atomic E-state index is 9.95. The molecule has 0 amide bonds. The molecule has 2 rings (SSSR count). The van der Waals surface area contributed by atoms with Gasteiger partial charge in [0, 0.05) is 0 Å². The van der Waals surface area contributed by atoms with Gasteiger partial charge in [0.25, 0.3) is 0 Å². The van der Waals surface area contributed by atoms with Crippen LogP contribution in [0.1, 0.15) is 0 Å². The lowest BCUT2D eigenvalue weighted by Gasteiger charge is -2.29. The second-order valence-electron chi connectivity index (χ2n) is 4.73. The van der Waals surface area contributed by atoms with Crippen LogP contribution >= 0.6 is 0 Å². The SMILES string of the molecule is OC[C@@H]1O[C@H](OC2(O)O[C@@H](CO)[C@H](O)[C@@H]2O)[C@@H](O)[C@H]1O. The molecule has 0 spiro atoms. The number of rotatable bonds is 4. The van der Waals surface area contributed by atoms with Crippen molar-refractivity contribution in [2.45, 2.75) is 48.9 Å². The monoisotopic (exact) mass is 298 g/mol. The Hall–Kier alpha value is -0.400. The molecule has 0 radical (unpaired) electrons. The number of hydrogen-bond donors (Lipinski definition) is 7. The Morgan fingerprint density at radius 3 is 1.95 bits per heavy atom. The summed E-state index contributed by atoms with van der Waals surface area (Å²) in [6.45, 7) is -1.28. The van der Waals surface area contributed by atoms with Gasteiger partial charge in [-0.25, -0.2) is 0 Å². The number of aliphatic hydroxyl groups excluding tert-OH is 6. The van der Waals surface area contributed by atoms with Crippen LogP contribution in [0.5, 0.6) is 0 Å². The minimum atomic E-state index is -2.72. The van der Waals surface area contributed by atoms with E-state index in [2.05, 4.69) is 0 Å². The summed E-state index contributed by atoms with van der Waals surface area (Å²) >= 11 is 0. The average molecular weight is 298 g/mol. The molecule has 1 unspecified atom stereocenters. The number of aliphatic hydroxyl groups is 7. The van der Waals surface area contributed by atoms with Crippen LogP contribution in [-0.4, -0.2) is 97.8 Å². The van der Waals surface area contributed by atoms with Crippen molar-refractivity contribution in [3.8, 4) is 0 Å². The van der Waals surface area contributed by atoms with Gasteiger partial charge in [-0.1, -0.05) is 0 Å². The Morgan fingerprint density at radius 2 is 1.50 bits per heavy atom. The molecule has 2 fully saturated rings. The Bertz CT molecular complexity index is 340. The molecule has 8 atom stereocenters. The van der Waals surface area contributed by atoms with E-state index in [9.17, 15) is 25.5 Å². The maximum Gasteiger partial charge on any atom is 0.313 e. The van der Waals surface area contributed by atoms with Crippen molar-refractivity contribution in [2.24, 2.45) is 0 Å². The summed E-state index contributed by atoms with van der Waals surface area (Å²) in [6, 6.07) is 0. The zero-order valence-corrected chi connectivity index (χ0v) is 10.3. The topological polar surface area (TPSA) is 169 Å². The van der Waals surface area contributed by atoms with Gasteiger partial charge in [0.2, 0.25) is 0 Å². The van der Waals surface area contributed by atoms with E-state index in [0.717, 1.165) is 0 Å². The van der Waals surface area contributed by atoms with Crippen LogP contribution in [-0.2, 0) is 14.2 Å². The lowest BCUT2D eigenvalue weighted by atomic mass is 10.1. The molecular weight excluding hydrogens is 280 g/mol. The molecule has 2 aliphatic rings. The van der Waals surface area contributed by atoms with Gasteiger partial charge >= 0.3 is 5.97 Å². The molecule has 0 aromatic rings. The summed E-state index contributed by atoms with van der Waals surface area (Å²) < 4.78 is 14.6. The van der Waals surface area contributed by atoms with Crippen LogP contribution in [0.4, 0.5) is 0 Å². The molecule has 2 aliphatic heterocycles. The molecule has 2 heterocycles. The lowest BCUT2D eigenvalue weighted by Crippen LogP contribution is -2.50. The van der Waals surface area contributed by atoms with Crippen LogP contribution < -0.4 is 0 Å². The highest BCUT2D eigenvalue weighted by Crippen LogP contribution is 2.34. The van der Waals surface area contributed by atoms with Crippen molar-refractivity contribution in [3.63, 3.8) is 0 Å². The van der Waals surface area contributed by atoms with Crippen molar-refractivity contribution in [2.75, 3.05) is 13.2 Å². The Balaban J connectivity index is 2.06. The highest BCUT2D eigenvalue weighted by atomic mass is 16.9. The summed E-state index contributed by atoms with van der Waals surface area (Å²) in [7, 11) is 0. The van der Waals surface area contributed by atoms with E-state index in [1.165, 1.54) is 0 Å². The van der Waals surface area contributed by atoms with E-state index in [1.54, 1.807) is 0 Å². The Kier molecular flexibility index (Phi) is 4.61. The van der Waals surface area contributed by atoms with Gasteiger partial charge in [-0.15, -0.1) is 0 Å². The molecule has 10 heteroatoms. The third-order valence-corrected chi connectivity index (χ3v) is 3.36. The highest BCUT2D eigenvalue weighted by molar-refractivity contribution is 4.93. The zero-order chi connectivity index (χ0) is 15.1. The lowest BCUT2D eigenvalue weighted by molar-refractivity contribution is -0.420. The van der Waals surface area contributed by atoms with Gasteiger partial charge in [-0.3, -0.25) is 4.74 Å². The summed E-state index contributed by atoms with van der Waals surface area (Å²) in [5.74, 6) is -2.72. The zero-order valence-electron chi connectivity index (χ0n) is 10.3. The first-order valence-electron chi connectivity index (χ1n) is 6.01. The molecule has 10 nitrogen and oxygen atoms in total. The van der Waals surface area contributed by atoms with Crippen molar-refractivity contribution >= 4 is 0 Å². The van der Waals surface area contributed by atoms with Crippen LogP contribution in [0.2, 0.25) is 0 Å². The van der Waals surface area contributed by atoms with E-state index < -0.39 is 62.1 Å². The summed E-state index contributed by atoms with van der Waals surface area (Å²) in [6.07, 6.45) is -10.6. The Labute approximate surface area is 113 Å². The first kappa shape index (κ1) is 16.0. The van der Waals surface area contributed by atoms with E-state index >= 15 is 0 Å². The van der Waals surface area contributed by atoms with E-state index in [0.29, 0.717) is 0 Å². The molecule has 0 saturated carbocycles. The van der Waals surface area contributed by atoms with Gasteiger partial charge in [-0.2, -0.15) is 0 Å². The van der Waals surface area contributed by atoms with Gasteiger partial charge in [0.05, 0.1) is 13.2 Å². The largest absolute Gasteiger partial charge is 0.394 e. The van der Waals surface area contributed by atoms with Crippen molar-refractivity contribution < 1.29 is 50.0 Å². The second kappa shape index (κ2) is 5.77. The molecule has 7 N–H and O–H groups in total. The summed E-state index contributed by atoms with van der Waals surface area (Å²) in [5, 5.41) is 66.1. The second-order valence-corrected chi connectivity index (χ2v) is 4.73. The molecule has 0 aliphatic carbocycles. The number of ether oxygens (including phenoxy) is 3. The van der Waals surface area contributed by atoms with Gasteiger partial charge in [0.1, 0.15) is 30.5 Å². The standard InChI is InChI=1S/C10H18O10/c11-1-3-5(13)7(15)9(18-3)20-10(17)8(16)6(14)4(2-12)19-10/h3-9,11-17H,1-2H2/t3-,4-,5-,6-,7-,8-,9+,10?/m0/s1. The first-order valence-corrected chi connectivity index (χ1v) is 6.01. The smallest absolute Gasteiger partial charge is 0.313 e. The van der Waals surface area contributed by atoms with Gasteiger partial charge in [-0.05, 0) is 0 Å². The van der Waals surface area contributed by atoms with E-state index in [1.807, 2.05) is 0 Å². The van der Waals surface area contributed by atoms with E-state index in [-0.39, 0.29) is 0 Å². The minimum absolute atomic E-state index is 0.595.